The standard InChI is InChI=1S/C18H15ClFN3O2S.C17H12BrClFN3O2S.C17H14ClFN4O2S.C12H10ClFN2.C7H8BFO2.C6H6ClNO2S.C5H4BrClN2/c1-11-3-4-13(20)10-15(11)18-16(19)5-6-17(22-18)23-26(24,25)14-7-8-21-12(2)9-14;1-10-2-3-11(20)8-13(10)17-14(19)4-5-16(22-17)23-26(24,25)12-6-7-21-15(18)9-12;1-10-2-3-11(19)8-13(10)17-14(18)4-5-16(22-17)23-26(24,25)12-6-7-21-15(20)9-12;1-7-2-3-8(14)6-9(7)12-10(13)4-5-11(15)16-12;1-5-2-3-6(9)4-7(5)8(10)11;1-5-4-6(2-3-8-5)11(7,9)10;6-5-3(7)1-2-4(8)9-5/h3-10H,1-2H3,(H,22,23);2-9H,1H3,(H,22,23);2-9H,1H3,(H2,20,21)(H,22,23);2-6H,1H3,(H2,15,16);2-4,10-11H,1H3;2-4H,1H3;1-2H,(H2,8,9). The lowest BCUT2D eigenvalue weighted by Crippen LogP contribution is -2.32. The quantitative estimate of drug-likeness (QED) is 0.0204. The van der Waals surface area contributed by atoms with Crippen molar-refractivity contribution in [1.29, 1.82) is 0 Å². The number of hydrogen-bond donors (Lipinski definition) is 8. The minimum absolute atomic E-state index is 0.0274. The highest BCUT2D eigenvalue weighted by atomic mass is 79.9. The molecule has 9 aromatic heterocycles. The maximum Gasteiger partial charge on any atom is 0.488 e. The zero-order valence-corrected chi connectivity index (χ0v) is 76.9. The Kier molecular flexibility index (Phi) is 35.5. The molecule has 0 aliphatic carbocycles. The van der Waals surface area contributed by atoms with E-state index in [4.69, 9.17) is 95.9 Å². The van der Waals surface area contributed by atoms with Crippen LogP contribution in [0.3, 0.4) is 0 Å². The van der Waals surface area contributed by atoms with Crippen molar-refractivity contribution in [3.8, 4) is 45.0 Å². The summed E-state index contributed by atoms with van der Waals surface area (Å²) in [6.07, 6.45) is 5.49. The number of anilines is 6. The number of halogens is 13. The molecule has 14 rings (SSSR count). The van der Waals surface area contributed by atoms with Crippen LogP contribution in [0, 0.1) is 77.6 Å². The lowest BCUT2D eigenvalue weighted by molar-refractivity contribution is 0.425. The van der Waals surface area contributed by atoms with E-state index in [1.807, 2.05) is 6.92 Å². The molecule has 0 fully saturated rings. The van der Waals surface area contributed by atoms with Gasteiger partial charge in [-0.05, 0) is 272 Å². The molecule has 0 aliphatic heterocycles. The SMILES string of the molecule is Cc1cc(S(=O)(=O)Cl)ccn1.Cc1cc(S(=O)(=O)Nc2ccc(Cl)c(-c3cc(F)ccc3C)n2)ccn1.Cc1ccc(F)cc1-c1nc(N)ccc1Cl.Cc1ccc(F)cc1-c1nc(NS(=O)(=O)c2ccnc(Br)c2)ccc1Cl.Cc1ccc(F)cc1-c1nc(NS(=O)(=O)c2ccnc(N)c2)ccc1Cl.Cc1ccc(F)cc1B(O)O.Nc1ccc(Cl)c(Br)n1. The molecule has 14 aromatic rings. The van der Waals surface area contributed by atoms with E-state index >= 15 is 0 Å². The van der Waals surface area contributed by atoms with Crippen LogP contribution in [-0.4, -0.2) is 95.7 Å². The third kappa shape index (κ3) is 29.5. The van der Waals surface area contributed by atoms with Crippen LogP contribution in [0.25, 0.3) is 45.0 Å². The zero-order valence-electron chi connectivity index (χ0n) is 65.9. The van der Waals surface area contributed by atoms with Gasteiger partial charge in [0.25, 0.3) is 39.1 Å². The van der Waals surface area contributed by atoms with E-state index in [1.165, 1.54) is 170 Å². The fourth-order valence-corrected chi connectivity index (χ4v) is 16.2. The third-order valence-corrected chi connectivity index (χ3v) is 24.9. The second-order valence-corrected chi connectivity index (χ2v) is 37.3. The minimum atomic E-state index is -3.92. The molecule has 43 heteroatoms. The van der Waals surface area contributed by atoms with E-state index in [1.54, 1.807) is 90.1 Å². The number of pyridine rings is 9. The van der Waals surface area contributed by atoms with Crippen LogP contribution in [-0.2, 0) is 39.1 Å². The Labute approximate surface area is 763 Å². The number of nitrogen functional groups attached to an aromatic ring is 3. The summed E-state index contributed by atoms with van der Waals surface area (Å²) < 4.78 is 171. The van der Waals surface area contributed by atoms with Gasteiger partial charge < -0.3 is 27.2 Å². The molecule has 0 bridgehead atoms. The Morgan fingerprint density at radius 2 is 0.640 bits per heavy atom. The van der Waals surface area contributed by atoms with Gasteiger partial charge in [-0.1, -0.05) is 93.9 Å². The van der Waals surface area contributed by atoms with Crippen LogP contribution < -0.4 is 36.8 Å². The molecule has 0 amide bonds. The molecule has 0 saturated carbocycles. The summed E-state index contributed by atoms with van der Waals surface area (Å²) in [4.78, 5) is 36.3. The van der Waals surface area contributed by atoms with E-state index in [0.717, 1.165) is 28.3 Å². The van der Waals surface area contributed by atoms with Gasteiger partial charge in [0.15, 0.2) is 0 Å². The van der Waals surface area contributed by atoms with Gasteiger partial charge in [-0.3, -0.25) is 24.1 Å². The van der Waals surface area contributed by atoms with Crippen molar-refractivity contribution >= 4 is 187 Å². The molecule has 0 unspecified atom stereocenters. The van der Waals surface area contributed by atoms with E-state index < -0.39 is 69.5 Å². The summed E-state index contributed by atoms with van der Waals surface area (Å²) in [6, 6.07) is 47.4. The van der Waals surface area contributed by atoms with Gasteiger partial charge in [-0.2, -0.15) is 0 Å². The number of nitrogens with two attached hydrogens (primary N) is 3. The number of nitrogens with one attached hydrogen (secondary N) is 3. The number of rotatable bonds is 15. The molecule has 125 heavy (non-hydrogen) atoms. The van der Waals surface area contributed by atoms with Crippen LogP contribution in [0.1, 0.15) is 39.2 Å². The van der Waals surface area contributed by atoms with Crippen molar-refractivity contribution < 1.29 is 65.7 Å². The van der Waals surface area contributed by atoms with Crippen LogP contribution in [0.4, 0.5) is 56.9 Å². The van der Waals surface area contributed by atoms with Gasteiger partial charge in [0.2, 0.25) is 0 Å². The predicted octanol–water partition coefficient (Wildman–Crippen LogP) is 19.4. The molecule has 0 aliphatic rings. The monoisotopic (exact) mass is 2030 g/mol. The lowest BCUT2D eigenvalue weighted by atomic mass is 9.77. The highest BCUT2D eigenvalue weighted by Crippen LogP contribution is 2.36. The number of sulfonamides is 3. The lowest BCUT2D eigenvalue weighted by Gasteiger charge is -2.12. The Balaban J connectivity index is 0.000000187. The topological polar surface area (TPSA) is 407 Å². The van der Waals surface area contributed by atoms with Gasteiger partial charge in [0.1, 0.15) is 73.2 Å². The molecule has 0 saturated heterocycles. The van der Waals surface area contributed by atoms with Gasteiger partial charge >= 0.3 is 7.12 Å². The molecule has 0 spiro atoms. The first-order valence-electron chi connectivity index (χ1n) is 35.6. The van der Waals surface area contributed by atoms with Crippen molar-refractivity contribution in [2.45, 2.75) is 68.0 Å². The first-order valence-corrected chi connectivity index (χ1v) is 45.8. The van der Waals surface area contributed by atoms with E-state index in [0.29, 0.717) is 92.2 Å². The molecular weight excluding hydrogens is 1960 g/mol. The largest absolute Gasteiger partial charge is 0.488 e. The van der Waals surface area contributed by atoms with Gasteiger partial charge in [-0.25, -0.2) is 90.5 Å². The van der Waals surface area contributed by atoms with Crippen molar-refractivity contribution in [2.75, 3.05) is 31.4 Å². The predicted molar refractivity (Wildman–Crippen MR) is 488 cm³/mol. The first-order chi connectivity index (χ1) is 58.7. The highest BCUT2D eigenvalue weighted by molar-refractivity contribution is 9.10. The average molecular weight is 2030 g/mol. The Bertz CT molecular complexity index is 6330. The molecule has 0 radical (unpaired) electrons. The molecular formula is C82H69BBr2Cl6F5N15O10S4. The summed E-state index contributed by atoms with van der Waals surface area (Å²) in [5, 5.41) is 19.3. The fraction of sp³-hybridized carbons (Fsp3) is 0.0854. The Hall–Kier alpha value is -10.6. The van der Waals surface area contributed by atoms with Crippen LogP contribution in [0.15, 0.2) is 254 Å². The van der Waals surface area contributed by atoms with Crippen molar-refractivity contribution in [3.05, 3.63) is 328 Å². The van der Waals surface area contributed by atoms with Crippen LogP contribution in [0.5, 0.6) is 0 Å². The maximum atomic E-state index is 13.6. The third-order valence-electron chi connectivity index (χ3n) is 16.7. The van der Waals surface area contributed by atoms with Crippen LogP contribution in [0.2, 0.25) is 25.1 Å². The summed E-state index contributed by atoms with van der Waals surface area (Å²) >= 11 is 36.4. The van der Waals surface area contributed by atoms with Gasteiger partial charge in [0.05, 0.1) is 67.5 Å². The summed E-state index contributed by atoms with van der Waals surface area (Å²) in [6.45, 7) is 12.3. The Morgan fingerprint density at radius 1 is 0.336 bits per heavy atom. The highest BCUT2D eigenvalue weighted by Gasteiger charge is 2.23. The molecule has 11 N–H and O–H groups in total. The molecule has 650 valence electrons. The van der Waals surface area contributed by atoms with Crippen molar-refractivity contribution in [2.24, 2.45) is 0 Å². The number of benzene rings is 5. The average Bonchev–Trinajstić information content (AvgIpc) is 0.804. The minimum Gasteiger partial charge on any atom is -0.423 e. The normalized spacial score (nSPS) is 11.0. The fourth-order valence-electron chi connectivity index (χ4n) is 10.5. The van der Waals surface area contributed by atoms with Crippen molar-refractivity contribution in [1.82, 2.24) is 44.9 Å². The molecule has 9 heterocycles. The van der Waals surface area contributed by atoms with E-state index in [9.17, 15) is 55.6 Å². The second kappa shape index (κ2) is 44.5. The molecule has 0 atom stereocenters. The van der Waals surface area contributed by atoms with Gasteiger partial charge in [0, 0.05) is 75.2 Å². The first kappa shape index (κ1) is 99.8. The van der Waals surface area contributed by atoms with Gasteiger partial charge in [-0.15, -0.1) is 0 Å². The van der Waals surface area contributed by atoms with Crippen LogP contribution >= 0.6 is 101 Å². The molecule has 25 nitrogen and oxygen atoms in total. The Morgan fingerprint density at radius 3 is 0.968 bits per heavy atom. The summed E-state index contributed by atoms with van der Waals surface area (Å²) in [5.41, 5.74) is 25.2. The second-order valence-electron chi connectivity index (χ2n) is 26.1. The molecule has 5 aromatic carbocycles. The van der Waals surface area contributed by atoms with E-state index in [2.05, 4.69) is 90.9 Å². The van der Waals surface area contributed by atoms with Crippen molar-refractivity contribution in [3.63, 3.8) is 0 Å². The number of aryl methyl sites for hydroxylation is 7. The van der Waals surface area contributed by atoms with E-state index in [-0.39, 0.29) is 69.9 Å². The number of nitrogens with zero attached hydrogens (tertiary/aromatic N) is 9. The number of aromatic nitrogens is 9. The maximum absolute atomic E-state index is 13.6. The summed E-state index contributed by atoms with van der Waals surface area (Å²) in [5.74, 6) is -0.978. The number of hydrogen-bond acceptors (Lipinski definition) is 22. The smallest absolute Gasteiger partial charge is 0.423 e. The zero-order chi connectivity index (χ0) is 92.2. The summed E-state index contributed by atoms with van der Waals surface area (Å²) in [7, 11) is -11.7.